The lowest BCUT2D eigenvalue weighted by atomic mass is 9.99. The van der Waals surface area contributed by atoms with Crippen LogP contribution in [0.15, 0.2) is 60.7 Å². The molecule has 3 N–H and O–H groups in total. The number of rotatable bonds is 3. The monoisotopic (exact) mass is 354 g/mol. The topological polar surface area (TPSA) is 101 Å². The summed E-state index contributed by atoms with van der Waals surface area (Å²) in [6.07, 6.45) is 1.88. The van der Waals surface area contributed by atoms with Crippen molar-refractivity contribution in [3.63, 3.8) is 0 Å². The Morgan fingerprint density at radius 2 is 1.54 bits per heavy atom. The molecule has 0 fully saturated rings. The summed E-state index contributed by atoms with van der Waals surface area (Å²) in [6.45, 7) is 0. The summed E-state index contributed by atoms with van der Waals surface area (Å²) < 4.78 is 0. The molecule has 0 bridgehead atoms. The fraction of sp³-hybridized carbons (Fsp3) is 0.200. The fourth-order valence-electron chi connectivity index (χ4n) is 3.15. The second kappa shape index (κ2) is 8.94. The molecule has 2 unspecified atom stereocenters. The molecule has 2 aromatic carbocycles. The molecule has 0 radical (unpaired) electrons. The molecular weight excluding hydrogens is 332 g/mol. The summed E-state index contributed by atoms with van der Waals surface area (Å²) in [4.78, 5) is 20.2. The summed E-state index contributed by atoms with van der Waals surface area (Å²) in [5.74, 6) is -3.09. The van der Waals surface area contributed by atoms with Crippen LogP contribution in [0.4, 0.5) is 11.4 Å². The smallest absolute Gasteiger partial charge is 0.145 e. The Balaban J connectivity index is 0.000000260. The van der Waals surface area contributed by atoms with Crippen LogP contribution in [0.2, 0.25) is 0 Å². The van der Waals surface area contributed by atoms with E-state index in [2.05, 4.69) is 67.9 Å². The molecule has 0 saturated carbocycles. The number of likely N-dealkylation sites (N-methyl/N-ethyl adjacent to an activating group) is 1. The van der Waals surface area contributed by atoms with Crippen LogP contribution in [0.5, 0.6) is 0 Å². The van der Waals surface area contributed by atoms with E-state index in [1.807, 2.05) is 0 Å². The van der Waals surface area contributed by atoms with E-state index in [4.69, 9.17) is 0 Å². The van der Waals surface area contributed by atoms with Crippen molar-refractivity contribution in [2.45, 2.75) is 12.5 Å². The van der Waals surface area contributed by atoms with E-state index in [-0.39, 0.29) is 0 Å². The Labute approximate surface area is 152 Å². The fourth-order valence-corrected chi connectivity index (χ4v) is 3.15. The average molecular weight is 354 g/mol. The van der Waals surface area contributed by atoms with Gasteiger partial charge in [-0.2, -0.15) is 0 Å². The van der Waals surface area contributed by atoms with Gasteiger partial charge in [-0.15, -0.1) is 0 Å². The van der Waals surface area contributed by atoms with Crippen LogP contribution in [0, 0.1) is 0 Å². The van der Waals surface area contributed by atoms with Gasteiger partial charge in [0.1, 0.15) is 17.4 Å². The number of aliphatic carboxylic acids is 2. The molecular formula is C20H22N2O4. The van der Waals surface area contributed by atoms with Gasteiger partial charge in [0.25, 0.3) is 0 Å². The maximum absolute atomic E-state index is 9.41. The summed E-state index contributed by atoms with van der Waals surface area (Å²) in [5.41, 5.74) is 5.75. The van der Waals surface area contributed by atoms with Crippen LogP contribution in [0.1, 0.15) is 17.2 Å². The molecule has 2 atom stereocenters. The third-order valence-corrected chi connectivity index (χ3v) is 4.38. The van der Waals surface area contributed by atoms with Crippen molar-refractivity contribution in [2.75, 3.05) is 14.1 Å². The number of fused-ring (bicyclic) bond motifs is 2. The molecule has 0 aromatic heterocycles. The van der Waals surface area contributed by atoms with Crippen molar-refractivity contribution in [1.29, 1.82) is 0 Å². The lowest BCUT2D eigenvalue weighted by Crippen LogP contribution is -2.99. The van der Waals surface area contributed by atoms with Gasteiger partial charge in [0.05, 0.1) is 31.6 Å². The zero-order chi connectivity index (χ0) is 19.1. The van der Waals surface area contributed by atoms with Crippen molar-refractivity contribution in [3.05, 3.63) is 71.8 Å². The SMILES string of the molecule is C[NH2+]C1Cc2ccccc2[NH+](C)c2ccccc21.O=C([O-])C=CC(=O)[O-]. The first-order chi connectivity index (χ1) is 12.4. The van der Waals surface area contributed by atoms with E-state index in [1.165, 1.54) is 27.4 Å². The minimum atomic E-state index is -1.55. The number of para-hydroxylation sites is 2. The molecule has 1 heterocycles. The highest BCUT2D eigenvalue weighted by Gasteiger charge is 2.29. The highest BCUT2D eigenvalue weighted by atomic mass is 16.4. The third kappa shape index (κ3) is 4.78. The van der Waals surface area contributed by atoms with Crippen LogP contribution in [-0.4, -0.2) is 26.0 Å². The number of nitrogens with one attached hydrogen (secondary N) is 1. The predicted molar refractivity (Wildman–Crippen MR) is 92.5 cm³/mol. The first-order valence-corrected chi connectivity index (χ1v) is 8.34. The first-order valence-electron chi connectivity index (χ1n) is 8.34. The van der Waals surface area contributed by atoms with E-state index in [9.17, 15) is 19.8 Å². The van der Waals surface area contributed by atoms with E-state index in [1.54, 1.807) is 0 Å². The van der Waals surface area contributed by atoms with Crippen LogP contribution in [0.25, 0.3) is 0 Å². The lowest BCUT2D eigenvalue weighted by molar-refractivity contribution is -0.736. The molecule has 26 heavy (non-hydrogen) atoms. The summed E-state index contributed by atoms with van der Waals surface area (Å²) in [7, 11) is 4.42. The molecule has 6 heteroatoms. The third-order valence-electron chi connectivity index (χ3n) is 4.38. The zero-order valence-corrected chi connectivity index (χ0v) is 14.8. The Hall–Kier alpha value is -2.96. The van der Waals surface area contributed by atoms with E-state index >= 15 is 0 Å². The molecule has 0 spiro atoms. The van der Waals surface area contributed by atoms with E-state index in [0.717, 1.165) is 6.42 Å². The summed E-state index contributed by atoms with van der Waals surface area (Å²) >= 11 is 0. The van der Waals surface area contributed by atoms with Gasteiger partial charge >= 0.3 is 0 Å². The Kier molecular flexibility index (Phi) is 6.66. The predicted octanol–water partition coefficient (Wildman–Crippen LogP) is -2.00. The van der Waals surface area contributed by atoms with Gasteiger partial charge in [-0.3, -0.25) is 4.90 Å². The Morgan fingerprint density at radius 3 is 2.12 bits per heavy atom. The average Bonchev–Trinajstić information content (AvgIpc) is 2.76. The molecule has 6 nitrogen and oxygen atoms in total. The highest BCUT2D eigenvalue weighted by molar-refractivity contribution is 5.87. The van der Waals surface area contributed by atoms with Gasteiger partial charge in [-0.05, 0) is 30.4 Å². The second-order valence-electron chi connectivity index (χ2n) is 5.98. The summed E-state index contributed by atoms with van der Waals surface area (Å²) in [5, 5.41) is 21.2. The van der Waals surface area contributed by atoms with Gasteiger partial charge in [-0.25, -0.2) is 0 Å². The van der Waals surface area contributed by atoms with Gasteiger partial charge < -0.3 is 25.1 Å². The minimum absolute atomic E-state index is 0.384. The van der Waals surface area contributed by atoms with Crippen LogP contribution in [-0.2, 0) is 16.0 Å². The van der Waals surface area contributed by atoms with Gasteiger partial charge in [0.2, 0.25) is 0 Å². The molecule has 0 aliphatic carbocycles. The van der Waals surface area contributed by atoms with E-state index < -0.39 is 11.9 Å². The normalized spacial score (nSPS) is 18.1. The van der Waals surface area contributed by atoms with Gasteiger partial charge in [0, 0.05) is 12.0 Å². The van der Waals surface area contributed by atoms with Crippen LogP contribution in [0.3, 0.4) is 0 Å². The number of benzene rings is 2. The van der Waals surface area contributed by atoms with E-state index in [0.29, 0.717) is 18.2 Å². The Morgan fingerprint density at radius 1 is 1.00 bits per heavy atom. The number of carboxylic acids is 2. The highest BCUT2D eigenvalue weighted by Crippen LogP contribution is 2.27. The molecule has 0 amide bonds. The molecule has 1 aliphatic heterocycles. The molecule has 0 saturated heterocycles. The number of hydrogen-bond acceptors (Lipinski definition) is 4. The van der Waals surface area contributed by atoms with Crippen molar-refractivity contribution in [3.8, 4) is 0 Å². The second-order valence-corrected chi connectivity index (χ2v) is 5.98. The van der Waals surface area contributed by atoms with Gasteiger partial charge in [-0.1, -0.05) is 30.3 Å². The molecule has 1 aliphatic rings. The van der Waals surface area contributed by atoms with Gasteiger partial charge in [0.15, 0.2) is 0 Å². The number of carbonyl (C=O) groups excluding carboxylic acids is 2. The minimum Gasteiger partial charge on any atom is -0.545 e. The Bertz CT molecular complexity index is 801. The largest absolute Gasteiger partial charge is 0.545 e. The molecule has 2 aromatic rings. The number of carbonyl (C=O) groups is 2. The maximum Gasteiger partial charge on any atom is 0.145 e. The number of quaternary nitrogens is 2. The van der Waals surface area contributed by atoms with Crippen molar-refractivity contribution >= 4 is 23.3 Å². The standard InChI is InChI=1S/C16H18N2.C4H4O4/c1-17-14-11-12-7-3-5-9-15(12)18(2)16-10-6-4-8-13(14)16;5-3(6)1-2-4(7)8/h3-10,14,17H,11H2,1-2H3;1-2H,(H,5,6)(H,7,8). The van der Waals surface area contributed by atoms with Crippen molar-refractivity contribution < 1.29 is 30.0 Å². The molecule has 136 valence electrons. The number of hydrogen-bond donors (Lipinski definition) is 2. The lowest BCUT2D eigenvalue weighted by Gasteiger charge is -2.15. The van der Waals surface area contributed by atoms with Crippen LogP contribution < -0.4 is 20.4 Å². The molecule has 3 rings (SSSR count). The maximum atomic E-state index is 9.41. The van der Waals surface area contributed by atoms with Crippen molar-refractivity contribution in [2.24, 2.45) is 0 Å². The first kappa shape index (κ1) is 19.4. The summed E-state index contributed by atoms with van der Waals surface area (Å²) in [6, 6.07) is 18.1. The number of nitrogens with two attached hydrogens (primary N) is 1. The number of carboxylic acid groups (broad SMARTS) is 2. The quantitative estimate of drug-likeness (QED) is 0.623. The van der Waals surface area contributed by atoms with Crippen LogP contribution >= 0.6 is 0 Å². The zero-order valence-electron chi connectivity index (χ0n) is 14.8. The van der Waals surface area contributed by atoms with Crippen molar-refractivity contribution in [1.82, 2.24) is 0 Å².